The van der Waals surface area contributed by atoms with Gasteiger partial charge in [-0.1, -0.05) is 30.3 Å². The first kappa shape index (κ1) is 19.0. The number of ketones is 1. The van der Waals surface area contributed by atoms with Gasteiger partial charge in [-0.25, -0.2) is 12.8 Å². The zero-order valence-corrected chi connectivity index (χ0v) is 16.0. The number of carbonyl (C=O) groups excluding carboxylic acids is 1. The number of halogens is 1. The van der Waals surface area contributed by atoms with Crippen molar-refractivity contribution in [3.05, 3.63) is 60.4 Å². The number of rotatable bonds is 4. The van der Waals surface area contributed by atoms with Gasteiger partial charge in [0, 0.05) is 36.2 Å². The van der Waals surface area contributed by atoms with E-state index in [1.165, 1.54) is 18.5 Å². The third kappa shape index (κ3) is 3.45. The predicted octanol–water partition coefficient (Wildman–Crippen LogP) is 3.58. The molecule has 0 spiro atoms. The fourth-order valence-electron chi connectivity index (χ4n) is 3.65. The van der Waals surface area contributed by atoms with Crippen LogP contribution in [0.4, 0.5) is 10.1 Å². The molecule has 1 aliphatic rings. The van der Waals surface area contributed by atoms with E-state index in [4.69, 9.17) is 0 Å². The molecular weight excluding hydrogens is 393 g/mol. The van der Waals surface area contributed by atoms with E-state index in [9.17, 15) is 22.9 Å². The van der Waals surface area contributed by atoms with Crippen LogP contribution in [0.15, 0.2) is 54.9 Å². The van der Waals surface area contributed by atoms with Crippen molar-refractivity contribution in [1.82, 2.24) is 4.98 Å². The van der Waals surface area contributed by atoms with E-state index in [1.807, 2.05) is 24.3 Å². The highest BCUT2D eigenvalue weighted by Crippen LogP contribution is 2.36. The van der Waals surface area contributed by atoms with Gasteiger partial charge in [-0.3, -0.25) is 14.5 Å². The average molecular weight is 409 g/mol. The maximum Gasteiger partial charge on any atom is 0.238 e. The summed E-state index contributed by atoms with van der Waals surface area (Å²) in [6.07, 6.45) is 0.505. The number of sulfonamides is 1. The van der Waals surface area contributed by atoms with E-state index < -0.39 is 27.2 Å². The topological polar surface area (TPSA) is 99.9 Å². The molecule has 8 heteroatoms. The lowest BCUT2D eigenvalue weighted by Crippen LogP contribution is -2.32. The van der Waals surface area contributed by atoms with Crippen molar-refractivity contribution in [2.45, 2.75) is 24.3 Å². The minimum atomic E-state index is -4.12. The molecule has 1 saturated carbocycles. The number of nitriles is 1. The number of nitrogens with one attached hydrogen (secondary N) is 1. The summed E-state index contributed by atoms with van der Waals surface area (Å²) in [6.45, 7) is 0. The van der Waals surface area contributed by atoms with Gasteiger partial charge >= 0.3 is 0 Å². The Kier molecular flexibility index (Phi) is 4.76. The molecule has 29 heavy (non-hydrogen) atoms. The highest BCUT2D eigenvalue weighted by molar-refractivity contribution is 7.93. The average Bonchev–Trinajstić information content (AvgIpc) is 3.06. The molecule has 4 rings (SSSR count). The Morgan fingerprint density at radius 1 is 1.07 bits per heavy atom. The first-order chi connectivity index (χ1) is 13.9. The van der Waals surface area contributed by atoms with E-state index in [0.717, 1.165) is 10.8 Å². The molecule has 0 aliphatic heterocycles. The van der Waals surface area contributed by atoms with Crippen molar-refractivity contribution < 1.29 is 17.6 Å². The van der Waals surface area contributed by atoms with E-state index >= 15 is 0 Å². The summed E-state index contributed by atoms with van der Waals surface area (Å²) >= 11 is 0. The summed E-state index contributed by atoms with van der Waals surface area (Å²) in [4.78, 5) is 15.6. The number of anilines is 1. The normalized spacial score (nSPS) is 19.2. The molecule has 1 aliphatic carbocycles. The van der Waals surface area contributed by atoms with Crippen LogP contribution < -0.4 is 4.72 Å². The quantitative estimate of drug-likeness (QED) is 0.710. The standard InChI is InChI=1S/C21H16FN3O3S/c22-19-9-14(26)10-21(19)29(27,28)25-20-7-8-24-12-18(20)17-6-5-13(11-23)15-3-1-2-4-16(15)17/h1-8,12,19,21H,9-10H2,(H,24,25). The van der Waals surface area contributed by atoms with E-state index in [0.29, 0.717) is 16.7 Å². The fourth-order valence-corrected chi connectivity index (χ4v) is 5.17. The molecule has 2 atom stereocenters. The summed E-state index contributed by atoms with van der Waals surface area (Å²) in [5, 5.41) is 9.44. The number of hydrogen-bond acceptors (Lipinski definition) is 5. The molecular formula is C21H16FN3O3S. The Bertz CT molecular complexity index is 1270. The van der Waals surface area contributed by atoms with Gasteiger partial charge in [0.1, 0.15) is 17.2 Å². The molecule has 2 aromatic carbocycles. The Balaban J connectivity index is 1.81. The zero-order chi connectivity index (χ0) is 20.6. The summed E-state index contributed by atoms with van der Waals surface area (Å²) in [7, 11) is -4.12. The molecule has 1 aromatic heterocycles. The Morgan fingerprint density at radius 3 is 2.52 bits per heavy atom. The summed E-state index contributed by atoms with van der Waals surface area (Å²) in [6, 6.07) is 14.3. The Morgan fingerprint density at radius 2 is 1.83 bits per heavy atom. The smallest absolute Gasteiger partial charge is 0.238 e. The van der Waals surface area contributed by atoms with Crippen LogP contribution in [0.2, 0.25) is 0 Å². The van der Waals surface area contributed by atoms with E-state index in [2.05, 4.69) is 15.8 Å². The van der Waals surface area contributed by atoms with Crippen LogP contribution in [0.5, 0.6) is 0 Å². The van der Waals surface area contributed by atoms with Crippen molar-refractivity contribution in [3.63, 3.8) is 0 Å². The van der Waals surface area contributed by atoms with Gasteiger partial charge in [-0.05, 0) is 23.1 Å². The predicted molar refractivity (Wildman–Crippen MR) is 107 cm³/mol. The maximum absolute atomic E-state index is 14.1. The molecule has 6 nitrogen and oxygen atoms in total. The van der Waals surface area contributed by atoms with Gasteiger partial charge < -0.3 is 0 Å². The van der Waals surface area contributed by atoms with Crippen LogP contribution >= 0.6 is 0 Å². The number of alkyl halides is 1. The minimum absolute atomic E-state index is 0.237. The van der Waals surface area contributed by atoms with Crippen molar-refractivity contribution >= 4 is 32.3 Å². The summed E-state index contributed by atoms with van der Waals surface area (Å²) in [5.74, 6) is -0.402. The highest BCUT2D eigenvalue weighted by Gasteiger charge is 2.42. The number of aromatic nitrogens is 1. The molecule has 1 N–H and O–H groups in total. The van der Waals surface area contributed by atoms with Crippen LogP contribution in [-0.4, -0.2) is 30.6 Å². The van der Waals surface area contributed by atoms with Gasteiger partial charge in [0.05, 0.1) is 17.3 Å². The second-order valence-electron chi connectivity index (χ2n) is 6.89. The molecule has 0 saturated heterocycles. The maximum atomic E-state index is 14.1. The fraction of sp³-hybridized carbons (Fsp3) is 0.190. The molecule has 0 bridgehead atoms. The number of nitrogens with zero attached hydrogens (tertiary/aromatic N) is 2. The van der Waals surface area contributed by atoms with Gasteiger partial charge in [0.15, 0.2) is 0 Å². The van der Waals surface area contributed by atoms with Crippen molar-refractivity contribution in [3.8, 4) is 17.2 Å². The zero-order valence-electron chi connectivity index (χ0n) is 15.2. The van der Waals surface area contributed by atoms with Crippen molar-refractivity contribution in [2.75, 3.05) is 4.72 Å². The molecule has 3 aromatic rings. The Hall–Kier alpha value is -3.31. The van der Waals surface area contributed by atoms with Crippen LogP contribution in [0.3, 0.4) is 0 Å². The summed E-state index contributed by atoms with van der Waals surface area (Å²) < 4.78 is 42.0. The first-order valence-corrected chi connectivity index (χ1v) is 10.5. The van der Waals surface area contributed by atoms with Gasteiger partial charge in [0.2, 0.25) is 10.0 Å². The second-order valence-corrected chi connectivity index (χ2v) is 8.79. The van der Waals surface area contributed by atoms with E-state index in [1.54, 1.807) is 12.1 Å². The van der Waals surface area contributed by atoms with Gasteiger partial charge in [-0.2, -0.15) is 5.26 Å². The van der Waals surface area contributed by atoms with E-state index in [-0.39, 0.29) is 18.5 Å². The number of pyridine rings is 1. The van der Waals surface area contributed by atoms with Crippen molar-refractivity contribution in [1.29, 1.82) is 5.26 Å². The third-order valence-corrected chi connectivity index (χ3v) is 6.83. The molecule has 1 fully saturated rings. The first-order valence-electron chi connectivity index (χ1n) is 8.94. The third-order valence-electron chi connectivity index (χ3n) is 5.06. The van der Waals surface area contributed by atoms with Crippen LogP contribution in [-0.2, 0) is 14.8 Å². The highest BCUT2D eigenvalue weighted by atomic mass is 32.2. The lowest BCUT2D eigenvalue weighted by Gasteiger charge is -2.18. The lowest BCUT2D eigenvalue weighted by atomic mass is 9.95. The van der Waals surface area contributed by atoms with Gasteiger partial charge in [-0.15, -0.1) is 0 Å². The van der Waals surface area contributed by atoms with Crippen molar-refractivity contribution in [2.24, 2.45) is 0 Å². The number of hydrogen-bond donors (Lipinski definition) is 1. The minimum Gasteiger partial charge on any atom is -0.300 e. The largest absolute Gasteiger partial charge is 0.300 e. The summed E-state index contributed by atoms with van der Waals surface area (Å²) in [5.41, 5.74) is 1.92. The molecule has 0 amide bonds. The second kappa shape index (κ2) is 7.26. The number of Topliss-reactive ketones (excluding diaryl/α,β-unsaturated/α-hetero) is 1. The van der Waals surface area contributed by atoms with Gasteiger partial charge in [0.25, 0.3) is 0 Å². The number of benzene rings is 2. The van der Waals surface area contributed by atoms with Crippen LogP contribution in [0.1, 0.15) is 18.4 Å². The number of fused-ring (bicyclic) bond motifs is 1. The lowest BCUT2D eigenvalue weighted by molar-refractivity contribution is -0.117. The molecule has 2 unspecified atom stereocenters. The van der Waals surface area contributed by atoms with Crippen LogP contribution in [0.25, 0.3) is 21.9 Å². The Labute approximate surface area is 167 Å². The van der Waals surface area contributed by atoms with Crippen LogP contribution in [0, 0.1) is 11.3 Å². The SMILES string of the molecule is N#Cc1ccc(-c2cnccc2NS(=O)(=O)C2CC(=O)CC2F)c2ccccc12. The molecule has 146 valence electrons. The molecule has 1 heterocycles. The number of carbonyl (C=O) groups is 1. The molecule has 0 radical (unpaired) electrons. The monoisotopic (exact) mass is 409 g/mol.